The fourth-order valence-corrected chi connectivity index (χ4v) is 22.0. The zero-order valence-electron chi connectivity index (χ0n) is 90.4. The highest BCUT2D eigenvalue weighted by molar-refractivity contribution is 7.99. The average Bonchev–Trinajstić information content (AvgIpc) is 0.825. The van der Waals surface area contributed by atoms with Crippen LogP contribution in [0.25, 0.3) is 11.1 Å². The number of hydrogen-bond donors (Lipinski definition) is 5. The van der Waals surface area contributed by atoms with Crippen molar-refractivity contribution in [3.63, 3.8) is 0 Å². The second kappa shape index (κ2) is 71.2. The lowest BCUT2D eigenvalue weighted by Gasteiger charge is -2.45. The van der Waals surface area contributed by atoms with Crippen LogP contribution in [0.3, 0.4) is 0 Å². The monoisotopic (exact) mass is 2090 g/mol. The SMILES string of the molecule is C.CC1(C)CC(N)CC(C)(CN)C1.CCCCOCCOCCOCCCN.CCCCn1ccnc1.CCCOCCOCCN.CCN(CC)c1ccc(C(=C2C=CC(=[N+](CC)CC)C=C2)c2ccccc2)cc1.CN(C)c1ccc(C(=C2C=CC(N(C)C)C=C2)c2ccc(N(C)C)cc2)cc1.O=S(=O)([O-])O.c1ccc([S+](c2ccccc2)c2ccc(Sc3ccc([S+](c4ccccc4)c4ccccc4)cc3)cc2)cc1. The van der Waals surface area contributed by atoms with E-state index in [1.807, 2.05) is 30.5 Å². The fraction of sp³-hybridized carbons (Fsp3) is 0.387. The van der Waals surface area contributed by atoms with Crippen molar-refractivity contribution in [1.82, 2.24) is 14.5 Å². The van der Waals surface area contributed by atoms with Crippen LogP contribution in [-0.2, 0) is 62.4 Å². The molecule has 1 heterocycles. The molecule has 148 heavy (non-hydrogen) atoms. The number of aryl methyl sites for hydroxylation is 1. The Hall–Kier alpha value is -10.6. The van der Waals surface area contributed by atoms with Crippen LogP contribution in [0.2, 0.25) is 0 Å². The first-order valence-corrected chi connectivity index (χ1v) is 56.6. The Balaban J connectivity index is 0.000000277. The summed E-state index contributed by atoms with van der Waals surface area (Å²) in [5.74, 6) is 0. The van der Waals surface area contributed by atoms with Crippen molar-refractivity contribution >= 4 is 77.9 Å². The minimum atomic E-state index is -4.92. The van der Waals surface area contributed by atoms with Gasteiger partial charge in [0.05, 0.1) is 74.4 Å². The maximum atomic E-state index is 8.63. The first-order chi connectivity index (χ1) is 71.1. The molecule has 0 bridgehead atoms. The molecular formula is C124H173N11O9S4+2. The van der Waals surface area contributed by atoms with E-state index in [2.05, 4.69) is 467 Å². The van der Waals surface area contributed by atoms with Gasteiger partial charge in [-0.3, -0.25) is 9.45 Å². The van der Waals surface area contributed by atoms with Crippen molar-refractivity contribution in [2.45, 2.75) is 192 Å². The minimum absolute atomic E-state index is 0. The molecule has 2 atom stereocenters. The molecule has 10 aromatic carbocycles. The van der Waals surface area contributed by atoms with E-state index in [1.54, 1.807) is 0 Å². The van der Waals surface area contributed by atoms with Crippen molar-refractivity contribution in [3.8, 4) is 0 Å². The number of rotatable bonds is 43. The fourth-order valence-electron chi connectivity index (χ4n) is 17.0. The summed E-state index contributed by atoms with van der Waals surface area (Å²) in [7, 11) is 7.34. The van der Waals surface area contributed by atoms with Gasteiger partial charge >= 0.3 is 0 Å². The molecule has 1 fully saturated rings. The number of ether oxygens (including phenoxy) is 5. The number of nitrogens with two attached hydrogens (primary N) is 4. The molecule has 9 N–H and O–H groups in total. The lowest BCUT2D eigenvalue weighted by atomic mass is 9.63. The summed E-state index contributed by atoms with van der Waals surface area (Å²) >= 11 is 1.82. The number of aromatic nitrogens is 2. The molecule has 14 rings (SSSR count). The van der Waals surface area contributed by atoms with E-state index in [0.29, 0.717) is 76.8 Å². The maximum Gasteiger partial charge on any atom is 0.215 e. The van der Waals surface area contributed by atoms with Crippen molar-refractivity contribution in [3.05, 3.63) is 374 Å². The molecular weight excluding hydrogens is 1920 g/mol. The van der Waals surface area contributed by atoms with E-state index in [-0.39, 0.29) is 34.6 Å². The average molecular weight is 2090 g/mol. The van der Waals surface area contributed by atoms with E-state index < -0.39 is 10.4 Å². The summed E-state index contributed by atoms with van der Waals surface area (Å²) in [6, 6.07) is 99.5. The Morgan fingerprint density at radius 3 is 1.16 bits per heavy atom. The largest absolute Gasteiger partial charge is 0.726 e. The molecule has 3 aliphatic carbocycles. The van der Waals surface area contributed by atoms with Crippen molar-refractivity contribution in [2.24, 2.45) is 33.8 Å². The summed E-state index contributed by atoms with van der Waals surface area (Å²) < 4.78 is 63.5. The van der Waals surface area contributed by atoms with Gasteiger partial charge in [-0.1, -0.05) is 237 Å². The predicted octanol–water partition coefficient (Wildman–Crippen LogP) is 25.0. The zero-order valence-corrected chi connectivity index (χ0v) is 93.6. The first-order valence-electron chi connectivity index (χ1n) is 52.0. The molecule has 24 heteroatoms. The second-order valence-electron chi connectivity index (χ2n) is 37.4. The highest BCUT2D eigenvalue weighted by Crippen LogP contribution is 2.45. The molecule has 0 amide bonds. The molecule has 1 aromatic heterocycles. The maximum absolute atomic E-state index is 8.63. The van der Waals surface area contributed by atoms with Gasteiger partial charge in [-0.05, 0) is 301 Å². The second-order valence-corrected chi connectivity index (χ2v) is 43.5. The molecule has 20 nitrogen and oxygen atoms in total. The molecule has 0 aliphatic heterocycles. The van der Waals surface area contributed by atoms with Gasteiger partial charge in [-0.25, -0.2) is 18.0 Å². The molecule has 800 valence electrons. The van der Waals surface area contributed by atoms with Crippen LogP contribution in [0.5, 0.6) is 0 Å². The third-order valence-electron chi connectivity index (χ3n) is 24.2. The van der Waals surface area contributed by atoms with E-state index in [4.69, 9.17) is 64.1 Å². The summed E-state index contributed by atoms with van der Waals surface area (Å²) in [5, 5.41) is 0. The number of likely N-dealkylation sites (N-methyl/N-ethyl adjacent to an activating group) is 1. The van der Waals surface area contributed by atoms with Crippen molar-refractivity contribution < 1.29 is 45.8 Å². The van der Waals surface area contributed by atoms with Gasteiger partial charge < -0.3 is 70.4 Å². The minimum Gasteiger partial charge on any atom is -0.726 e. The Labute approximate surface area is 900 Å². The van der Waals surface area contributed by atoms with E-state index in [1.165, 1.54) is 132 Å². The number of unbranched alkanes of at least 4 members (excludes halogenated alkanes) is 2. The van der Waals surface area contributed by atoms with E-state index in [9.17, 15) is 0 Å². The Morgan fingerprint density at radius 2 is 0.818 bits per heavy atom. The predicted molar refractivity (Wildman–Crippen MR) is 628 cm³/mol. The molecule has 0 spiro atoms. The van der Waals surface area contributed by atoms with Crippen LogP contribution in [-0.4, -0.2) is 209 Å². The topological polar surface area (TPSA) is 261 Å². The Bertz CT molecular complexity index is 5420. The molecule has 0 saturated heterocycles. The van der Waals surface area contributed by atoms with E-state index >= 15 is 0 Å². The van der Waals surface area contributed by atoms with Crippen LogP contribution in [0.1, 0.15) is 157 Å². The molecule has 3 aliphatic rings. The van der Waals surface area contributed by atoms with E-state index in [0.717, 1.165) is 91.2 Å². The summed E-state index contributed by atoms with van der Waals surface area (Å²) in [6.45, 7) is 36.4. The highest BCUT2D eigenvalue weighted by atomic mass is 32.3. The van der Waals surface area contributed by atoms with Crippen LogP contribution in [0.4, 0.5) is 17.1 Å². The number of nitrogens with zero attached hydrogens (tertiary/aromatic N) is 7. The summed E-state index contributed by atoms with van der Waals surface area (Å²) in [5.41, 5.74) is 37.9. The Kier molecular flexibility index (Phi) is 60.7. The van der Waals surface area contributed by atoms with Crippen LogP contribution < -0.4 is 37.6 Å². The standard InChI is InChI=1S/C36H28S3.C27H33N2.C25H31N3.C11H25NO3.C10H22N2.C7H12N2.C7H17NO2.CH4.H2O4S/c1-5-13-31(14-6-1)38(32-15-7-2-8-16-32)35-25-21-29(22-26-35)37-30-23-27-36(28-24-30)39(33-17-9-3-10-18-33)34-19-11-4-12-20-34;1-5-28(6-2)25-18-14-23(15-19-25)27(22-12-10-9-11-13-22)24-16-20-26(21-17-24)29(7-3)8-4;1-26(2)22-13-7-19(8-14-22)25(20-9-15-23(16-10-20)27(3)4)21-11-17-24(18-12-21)28(5)6;1-2-3-6-13-8-10-15-11-9-14-7-4-5-12;1-9(2)4-8(12)5-10(3,6-9)7-11;1-2-3-5-9-6-4-8-7-9;1-2-4-9-6-7-10-5-3-8;;1-5(2,3)4/h1-28H;9-21H,5-8H2,1-4H3;7-18,22H,1-6H3;2-12H2,1H3;8H,4-7,11-12H2,1-3H3;4,6-7H,2-3,5H2,1H3;2-8H2,1H3;1H4;(H2,1,2,3,4)/q+2;+1;;;;;;;/p-1. The molecule has 1 saturated carbocycles. The summed E-state index contributed by atoms with van der Waals surface area (Å²) in [4.78, 5) is 23.3. The third-order valence-corrected chi connectivity index (χ3v) is 29.7. The van der Waals surface area contributed by atoms with Gasteiger partial charge in [-0.15, -0.1) is 0 Å². The van der Waals surface area contributed by atoms with Gasteiger partial charge in [-0.2, -0.15) is 0 Å². The number of imidazole rings is 1. The van der Waals surface area contributed by atoms with Crippen LogP contribution in [0.15, 0.2) is 391 Å². The third kappa shape index (κ3) is 46.9. The zero-order chi connectivity index (χ0) is 106. The normalized spacial score (nSPS) is 14.6. The van der Waals surface area contributed by atoms with Crippen LogP contribution >= 0.6 is 11.8 Å². The van der Waals surface area contributed by atoms with Crippen molar-refractivity contribution in [2.75, 3.05) is 169 Å². The van der Waals surface area contributed by atoms with Gasteiger partial charge in [0.15, 0.2) is 35.1 Å². The van der Waals surface area contributed by atoms with Crippen LogP contribution in [0, 0.1) is 10.8 Å². The lowest BCUT2D eigenvalue weighted by Crippen LogP contribution is -2.45. The molecule has 2 unspecified atom stereocenters. The van der Waals surface area contributed by atoms with Gasteiger partial charge in [0.2, 0.25) is 10.4 Å². The molecule has 11 aromatic rings. The van der Waals surface area contributed by atoms with Gasteiger partial charge in [0, 0.05) is 138 Å². The quantitative estimate of drug-likeness (QED) is 0.00782. The Morgan fingerprint density at radius 1 is 0.453 bits per heavy atom. The van der Waals surface area contributed by atoms with Crippen molar-refractivity contribution in [1.29, 1.82) is 0 Å². The number of benzene rings is 10. The number of allylic oxidation sites excluding steroid dienone is 8. The van der Waals surface area contributed by atoms with Gasteiger partial charge in [0.1, 0.15) is 13.1 Å². The number of anilines is 3. The molecule has 0 radical (unpaired) electrons. The smallest absolute Gasteiger partial charge is 0.215 e. The van der Waals surface area contributed by atoms with Gasteiger partial charge in [0.25, 0.3) is 0 Å². The number of hydrogen-bond acceptors (Lipinski definition) is 18. The highest BCUT2D eigenvalue weighted by Gasteiger charge is 2.39. The first kappa shape index (κ1) is 126. The lowest BCUT2D eigenvalue weighted by molar-refractivity contribution is -0.519. The summed E-state index contributed by atoms with van der Waals surface area (Å²) in [6.07, 6.45) is 33.9.